The lowest BCUT2D eigenvalue weighted by atomic mass is 10.00. The summed E-state index contributed by atoms with van der Waals surface area (Å²) in [5.74, 6) is -3.80. The molecule has 0 atom stereocenters. The van der Waals surface area contributed by atoms with E-state index in [1.165, 1.54) is 24.4 Å². The maximum atomic E-state index is 15.1. The SMILES string of the molecule is CC(F)(F)c1ccnc(CC(=O)Cc2ccc(-c3cnc4[nH]c(-c5ccnc(C#N)c5)cc4c3)c(F)c2)c1. The van der Waals surface area contributed by atoms with Crippen molar-refractivity contribution in [1.82, 2.24) is 19.9 Å². The topological polar surface area (TPSA) is 95.3 Å². The van der Waals surface area contributed by atoms with Crippen molar-refractivity contribution in [3.05, 3.63) is 102 Å². The third-order valence-corrected chi connectivity index (χ3v) is 6.10. The van der Waals surface area contributed by atoms with Gasteiger partial charge in [0.1, 0.15) is 29.0 Å². The van der Waals surface area contributed by atoms with Gasteiger partial charge in [0.2, 0.25) is 0 Å². The van der Waals surface area contributed by atoms with Crippen molar-refractivity contribution >= 4 is 16.8 Å². The summed E-state index contributed by atoms with van der Waals surface area (Å²) >= 11 is 0. The molecule has 0 saturated heterocycles. The lowest BCUT2D eigenvalue weighted by Gasteiger charge is -2.11. The van der Waals surface area contributed by atoms with Gasteiger partial charge in [-0.1, -0.05) is 12.1 Å². The Labute approximate surface area is 215 Å². The van der Waals surface area contributed by atoms with Crippen LogP contribution in [0.3, 0.4) is 0 Å². The Morgan fingerprint density at radius 1 is 0.974 bits per heavy atom. The van der Waals surface area contributed by atoms with Crippen LogP contribution >= 0.6 is 0 Å². The van der Waals surface area contributed by atoms with E-state index in [9.17, 15) is 13.6 Å². The molecule has 5 aromatic rings. The summed E-state index contributed by atoms with van der Waals surface area (Å²) in [5, 5.41) is 9.85. The second kappa shape index (κ2) is 9.90. The second-order valence-electron chi connectivity index (χ2n) is 9.02. The van der Waals surface area contributed by atoms with Crippen LogP contribution in [0.2, 0.25) is 0 Å². The van der Waals surface area contributed by atoms with Gasteiger partial charge in [0.15, 0.2) is 0 Å². The quantitative estimate of drug-likeness (QED) is 0.282. The standard InChI is InChI=1S/C29H20F3N5O/c1-29(31,32)21-5-7-34-22(13-21)14-24(38)8-17-2-3-25(26(30)9-17)20-10-19-12-27(37-28(19)36-16-20)18-4-6-35-23(11-18)15-33/h2-7,9-13,16H,8,14H2,1H3,(H,36,37). The van der Waals surface area contributed by atoms with Crippen LogP contribution in [0.15, 0.2) is 73.2 Å². The fourth-order valence-corrected chi connectivity index (χ4v) is 4.22. The molecule has 6 nitrogen and oxygen atoms in total. The zero-order valence-corrected chi connectivity index (χ0v) is 20.2. The van der Waals surface area contributed by atoms with Gasteiger partial charge in [0, 0.05) is 77.4 Å². The monoisotopic (exact) mass is 511 g/mol. The zero-order chi connectivity index (χ0) is 26.9. The zero-order valence-electron chi connectivity index (χ0n) is 20.2. The number of pyridine rings is 3. The Morgan fingerprint density at radius 3 is 2.55 bits per heavy atom. The minimum atomic E-state index is -3.03. The van der Waals surface area contributed by atoms with E-state index in [2.05, 4.69) is 19.9 Å². The summed E-state index contributed by atoms with van der Waals surface area (Å²) in [5.41, 5.74) is 3.83. The average molecular weight is 512 g/mol. The maximum absolute atomic E-state index is 15.1. The molecule has 9 heteroatoms. The summed E-state index contributed by atoms with van der Waals surface area (Å²) in [7, 11) is 0. The number of hydrogen-bond acceptors (Lipinski definition) is 5. The normalized spacial score (nSPS) is 11.4. The van der Waals surface area contributed by atoms with Crippen molar-refractivity contribution in [2.45, 2.75) is 25.7 Å². The van der Waals surface area contributed by atoms with E-state index in [-0.39, 0.29) is 29.9 Å². The molecule has 0 aliphatic heterocycles. The molecule has 0 aliphatic rings. The van der Waals surface area contributed by atoms with Crippen molar-refractivity contribution in [3.63, 3.8) is 0 Å². The fourth-order valence-electron chi connectivity index (χ4n) is 4.22. The number of alkyl halides is 2. The molecular weight excluding hydrogens is 491 g/mol. The number of aromatic nitrogens is 4. The molecule has 0 radical (unpaired) electrons. The Balaban J connectivity index is 1.33. The van der Waals surface area contributed by atoms with Crippen molar-refractivity contribution in [3.8, 4) is 28.5 Å². The van der Waals surface area contributed by atoms with Crippen LogP contribution in [0.5, 0.6) is 0 Å². The second-order valence-corrected chi connectivity index (χ2v) is 9.02. The number of carbonyl (C=O) groups is 1. The number of nitrogens with one attached hydrogen (secondary N) is 1. The number of H-pyrrole nitrogens is 1. The maximum Gasteiger partial charge on any atom is 0.270 e. The molecule has 1 aromatic carbocycles. The van der Waals surface area contributed by atoms with Crippen LogP contribution in [0.4, 0.5) is 13.2 Å². The van der Waals surface area contributed by atoms with Crippen LogP contribution in [0.1, 0.15) is 29.4 Å². The molecule has 0 saturated carbocycles. The molecule has 38 heavy (non-hydrogen) atoms. The van der Waals surface area contributed by atoms with E-state index in [1.54, 1.807) is 42.7 Å². The molecule has 0 aliphatic carbocycles. The molecule has 4 aromatic heterocycles. The lowest BCUT2D eigenvalue weighted by molar-refractivity contribution is -0.117. The predicted molar refractivity (Wildman–Crippen MR) is 136 cm³/mol. The molecule has 5 rings (SSSR count). The Kier molecular flexibility index (Phi) is 6.47. The van der Waals surface area contributed by atoms with Gasteiger partial charge in [-0.05, 0) is 48.0 Å². The first-order valence-electron chi connectivity index (χ1n) is 11.7. The third kappa shape index (κ3) is 5.30. The van der Waals surface area contributed by atoms with Crippen LogP contribution < -0.4 is 0 Å². The first-order chi connectivity index (χ1) is 18.2. The highest BCUT2D eigenvalue weighted by Gasteiger charge is 2.24. The minimum Gasteiger partial charge on any atom is -0.339 e. The van der Waals surface area contributed by atoms with E-state index < -0.39 is 11.7 Å². The minimum absolute atomic E-state index is 0.0549. The average Bonchev–Trinajstić information content (AvgIpc) is 3.32. The van der Waals surface area contributed by atoms with Crippen LogP contribution in [-0.4, -0.2) is 25.7 Å². The van der Waals surface area contributed by atoms with Crippen LogP contribution in [0.25, 0.3) is 33.4 Å². The number of hydrogen-bond donors (Lipinski definition) is 1. The molecule has 188 valence electrons. The van der Waals surface area contributed by atoms with E-state index in [4.69, 9.17) is 5.26 Å². The Morgan fingerprint density at radius 2 is 1.79 bits per heavy atom. The van der Waals surface area contributed by atoms with E-state index in [1.807, 2.05) is 12.1 Å². The summed E-state index contributed by atoms with van der Waals surface area (Å²) in [4.78, 5) is 28.1. The fraction of sp³-hybridized carbons (Fsp3) is 0.138. The van der Waals surface area contributed by atoms with Gasteiger partial charge in [-0.2, -0.15) is 5.26 Å². The first kappa shape index (κ1) is 24.8. The van der Waals surface area contributed by atoms with Gasteiger partial charge in [-0.15, -0.1) is 0 Å². The number of fused-ring (bicyclic) bond motifs is 1. The molecule has 0 unspecified atom stereocenters. The summed E-state index contributed by atoms with van der Waals surface area (Å²) in [6.45, 7) is 0.785. The van der Waals surface area contributed by atoms with Crippen molar-refractivity contribution in [2.24, 2.45) is 0 Å². The van der Waals surface area contributed by atoms with Gasteiger partial charge in [0.25, 0.3) is 5.92 Å². The highest BCUT2D eigenvalue weighted by atomic mass is 19.3. The van der Waals surface area contributed by atoms with Gasteiger partial charge in [-0.3, -0.25) is 9.78 Å². The number of carbonyl (C=O) groups excluding carboxylic acids is 1. The number of aromatic amines is 1. The molecule has 0 fully saturated rings. The lowest BCUT2D eigenvalue weighted by Crippen LogP contribution is -2.11. The number of nitrogens with zero attached hydrogens (tertiary/aromatic N) is 4. The van der Waals surface area contributed by atoms with Crippen molar-refractivity contribution in [1.29, 1.82) is 5.26 Å². The number of Topliss-reactive ketones (excluding diaryl/α,β-unsaturated/α-hetero) is 1. The van der Waals surface area contributed by atoms with Crippen molar-refractivity contribution in [2.75, 3.05) is 0 Å². The first-order valence-corrected chi connectivity index (χ1v) is 11.7. The van der Waals surface area contributed by atoms with Crippen LogP contribution in [-0.2, 0) is 23.6 Å². The molecule has 0 bridgehead atoms. The van der Waals surface area contributed by atoms with Gasteiger partial charge in [0.05, 0.1) is 0 Å². The van der Waals surface area contributed by atoms with E-state index in [0.29, 0.717) is 28.0 Å². The van der Waals surface area contributed by atoms with Gasteiger partial charge < -0.3 is 4.98 Å². The highest BCUT2D eigenvalue weighted by molar-refractivity contribution is 5.87. The summed E-state index contributed by atoms with van der Waals surface area (Å²) < 4.78 is 42.2. The van der Waals surface area contributed by atoms with Crippen molar-refractivity contribution < 1.29 is 18.0 Å². The molecular formula is C29H20F3N5O. The Hall–Kier alpha value is -4.84. The number of nitriles is 1. The molecule has 4 heterocycles. The summed E-state index contributed by atoms with van der Waals surface area (Å²) in [6, 6.07) is 16.1. The van der Waals surface area contributed by atoms with E-state index >= 15 is 4.39 Å². The Bertz CT molecular complexity index is 1720. The number of halogens is 3. The highest BCUT2D eigenvalue weighted by Crippen LogP contribution is 2.30. The molecule has 1 N–H and O–H groups in total. The predicted octanol–water partition coefficient (Wildman–Crippen LogP) is 6.16. The van der Waals surface area contributed by atoms with Gasteiger partial charge in [-0.25, -0.2) is 23.1 Å². The largest absolute Gasteiger partial charge is 0.339 e. The summed E-state index contributed by atoms with van der Waals surface area (Å²) in [6.07, 6.45) is 4.18. The number of benzene rings is 1. The third-order valence-electron chi connectivity index (χ3n) is 6.10. The van der Waals surface area contributed by atoms with Gasteiger partial charge >= 0.3 is 0 Å². The number of rotatable bonds is 7. The number of ketones is 1. The van der Waals surface area contributed by atoms with Crippen LogP contribution in [0, 0.1) is 17.1 Å². The smallest absolute Gasteiger partial charge is 0.270 e. The molecule has 0 spiro atoms. The van der Waals surface area contributed by atoms with E-state index in [0.717, 1.165) is 23.6 Å². The molecule has 0 amide bonds.